The predicted molar refractivity (Wildman–Crippen MR) is 70.2 cm³/mol. The molecule has 0 saturated carbocycles. The summed E-state index contributed by atoms with van der Waals surface area (Å²) in [4.78, 5) is 4.22. The third kappa shape index (κ3) is 1.12. The summed E-state index contributed by atoms with van der Waals surface area (Å²) in [6.07, 6.45) is 8.04. The largest absolute Gasteiger partial charge is 0.323 e. The first-order valence-electron chi connectivity index (χ1n) is 5.66. The van der Waals surface area contributed by atoms with Gasteiger partial charge >= 0.3 is 0 Å². The van der Waals surface area contributed by atoms with E-state index in [9.17, 15) is 0 Å². The van der Waals surface area contributed by atoms with Crippen molar-refractivity contribution in [2.45, 2.75) is 0 Å². The van der Waals surface area contributed by atoms with Crippen molar-refractivity contribution >= 4 is 27.1 Å². The first-order chi connectivity index (χ1) is 8.43. The molecule has 0 N–H and O–H groups in total. The SMILES string of the molecule is c1ccn2cc3c4cnccc4ccc3c2c1. The monoisotopic (exact) mass is 218 g/mol. The van der Waals surface area contributed by atoms with Crippen LogP contribution in [0.4, 0.5) is 0 Å². The van der Waals surface area contributed by atoms with Crippen LogP contribution in [0.25, 0.3) is 27.1 Å². The molecule has 2 heteroatoms. The second-order valence-corrected chi connectivity index (χ2v) is 4.25. The highest BCUT2D eigenvalue weighted by atomic mass is 14.9. The fraction of sp³-hybridized carbons (Fsp3) is 0. The molecule has 0 aliphatic heterocycles. The molecule has 4 aromatic rings. The van der Waals surface area contributed by atoms with Crippen LogP contribution in [0, 0.1) is 0 Å². The van der Waals surface area contributed by atoms with Crippen molar-refractivity contribution in [2.75, 3.05) is 0 Å². The third-order valence-electron chi connectivity index (χ3n) is 3.30. The van der Waals surface area contributed by atoms with Crippen LogP contribution in [0.5, 0.6) is 0 Å². The highest BCUT2D eigenvalue weighted by Gasteiger charge is 2.05. The Morgan fingerprint density at radius 2 is 1.88 bits per heavy atom. The highest BCUT2D eigenvalue weighted by Crippen LogP contribution is 2.28. The average Bonchev–Trinajstić information content (AvgIpc) is 2.78. The van der Waals surface area contributed by atoms with Crippen molar-refractivity contribution in [3.63, 3.8) is 0 Å². The summed E-state index contributed by atoms with van der Waals surface area (Å²) in [5, 5.41) is 5.00. The molecule has 4 rings (SSSR count). The Labute approximate surface area is 98.1 Å². The van der Waals surface area contributed by atoms with Gasteiger partial charge in [0.1, 0.15) is 0 Å². The van der Waals surface area contributed by atoms with Crippen LogP contribution in [0.15, 0.2) is 61.2 Å². The Morgan fingerprint density at radius 3 is 2.88 bits per heavy atom. The van der Waals surface area contributed by atoms with Gasteiger partial charge in [-0.3, -0.25) is 4.98 Å². The molecular weight excluding hydrogens is 208 g/mol. The van der Waals surface area contributed by atoms with Crippen LogP contribution in [-0.2, 0) is 0 Å². The molecule has 0 spiro atoms. The molecule has 0 fully saturated rings. The summed E-state index contributed by atoms with van der Waals surface area (Å²) < 4.78 is 2.16. The Bertz CT molecular complexity index is 843. The molecule has 0 radical (unpaired) electrons. The number of hydrogen-bond acceptors (Lipinski definition) is 1. The summed E-state index contributed by atoms with van der Waals surface area (Å²) in [5.74, 6) is 0. The van der Waals surface area contributed by atoms with Gasteiger partial charge in [-0.2, -0.15) is 0 Å². The van der Waals surface area contributed by atoms with E-state index in [0.717, 1.165) is 0 Å². The molecule has 0 bridgehead atoms. The molecule has 3 aromatic heterocycles. The Kier molecular flexibility index (Phi) is 1.59. The lowest BCUT2D eigenvalue weighted by atomic mass is 10.1. The maximum absolute atomic E-state index is 4.22. The van der Waals surface area contributed by atoms with E-state index in [1.807, 2.05) is 18.5 Å². The number of pyridine rings is 2. The van der Waals surface area contributed by atoms with E-state index >= 15 is 0 Å². The van der Waals surface area contributed by atoms with Crippen LogP contribution < -0.4 is 0 Å². The smallest absolute Gasteiger partial charge is 0.0528 e. The lowest BCUT2D eigenvalue weighted by Crippen LogP contribution is -1.76. The lowest BCUT2D eigenvalue weighted by Gasteiger charge is -1.97. The Hall–Kier alpha value is -2.35. The molecule has 0 atom stereocenters. The topological polar surface area (TPSA) is 17.3 Å². The molecule has 0 amide bonds. The second-order valence-electron chi connectivity index (χ2n) is 4.25. The van der Waals surface area contributed by atoms with E-state index in [2.05, 4.69) is 52.1 Å². The molecule has 17 heavy (non-hydrogen) atoms. The molecule has 0 unspecified atom stereocenters. The van der Waals surface area contributed by atoms with Crippen molar-refractivity contribution in [3.8, 4) is 0 Å². The Balaban J connectivity index is 2.34. The van der Waals surface area contributed by atoms with Crippen LogP contribution in [-0.4, -0.2) is 9.38 Å². The lowest BCUT2D eigenvalue weighted by molar-refractivity contribution is 1.21. The summed E-state index contributed by atoms with van der Waals surface area (Å²) in [6, 6.07) is 12.7. The van der Waals surface area contributed by atoms with Crippen LogP contribution in [0.2, 0.25) is 0 Å². The number of nitrogens with zero attached hydrogens (tertiary/aromatic N) is 2. The molecule has 0 aliphatic rings. The van der Waals surface area contributed by atoms with E-state index in [0.29, 0.717) is 0 Å². The first kappa shape index (κ1) is 8.76. The van der Waals surface area contributed by atoms with Gasteiger partial charge < -0.3 is 4.40 Å². The third-order valence-corrected chi connectivity index (χ3v) is 3.30. The van der Waals surface area contributed by atoms with Crippen LogP contribution in [0.3, 0.4) is 0 Å². The molecular formula is C15H10N2. The highest BCUT2D eigenvalue weighted by molar-refractivity contribution is 6.12. The number of aromatic nitrogens is 2. The zero-order valence-corrected chi connectivity index (χ0v) is 9.17. The van der Waals surface area contributed by atoms with Gasteiger partial charge in [0.25, 0.3) is 0 Å². The van der Waals surface area contributed by atoms with Gasteiger partial charge in [0.2, 0.25) is 0 Å². The molecule has 3 heterocycles. The molecule has 0 aliphatic carbocycles. The van der Waals surface area contributed by atoms with Gasteiger partial charge in [0, 0.05) is 40.9 Å². The van der Waals surface area contributed by atoms with Gasteiger partial charge in [-0.15, -0.1) is 0 Å². The quantitative estimate of drug-likeness (QED) is 0.440. The van der Waals surface area contributed by atoms with Crippen LogP contribution in [0.1, 0.15) is 0 Å². The summed E-state index contributed by atoms with van der Waals surface area (Å²) in [5.41, 5.74) is 1.24. The standard InChI is InChI=1S/C15H10N2/c1-2-8-17-10-14-12(15(17)3-1)5-4-11-6-7-16-9-13(11)14/h1-10H. The summed E-state index contributed by atoms with van der Waals surface area (Å²) in [6.45, 7) is 0. The van der Waals surface area contributed by atoms with Crippen molar-refractivity contribution in [3.05, 3.63) is 61.2 Å². The first-order valence-corrected chi connectivity index (χ1v) is 5.66. The Morgan fingerprint density at radius 1 is 0.882 bits per heavy atom. The summed E-state index contributed by atoms with van der Waals surface area (Å²) >= 11 is 0. The normalized spacial score (nSPS) is 11.5. The number of benzene rings is 1. The van der Waals surface area contributed by atoms with Gasteiger partial charge in [-0.1, -0.05) is 18.2 Å². The van der Waals surface area contributed by atoms with E-state index in [1.54, 1.807) is 0 Å². The van der Waals surface area contributed by atoms with E-state index in [-0.39, 0.29) is 0 Å². The fourth-order valence-corrected chi connectivity index (χ4v) is 2.48. The maximum Gasteiger partial charge on any atom is 0.0528 e. The van der Waals surface area contributed by atoms with Gasteiger partial charge in [-0.05, 0) is 23.6 Å². The van der Waals surface area contributed by atoms with Crippen LogP contribution >= 0.6 is 0 Å². The van der Waals surface area contributed by atoms with E-state index < -0.39 is 0 Å². The zero-order valence-electron chi connectivity index (χ0n) is 9.17. The molecule has 2 nitrogen and oxygen atoms in total. The number of hydrogen-bond donors (Lipinski definition) is 0. The minimum absolute atomic E-state index is 1.22. The van der Waals surface area contributed by atoms with E-state index in [4.69, 9.17) is 0 Å². The summed E-state index contributed by atoms with van der Waals surface area (Å²) in [7, 11) is 0. The molecule has 1 aromatic carbocycles. The van der Waals surface area contributed by atoms with Gasteiger partial charge in [0.05, 0.1) is 5.52 Å². The minimum Gasteiger partial charge on any atom is -0.323 e. The average molecular weight is 218 g/mol. The minimum atomic E-state index is 1.22. The predicted octanol–water partition coefficient (Wildman–Crippen LogP) is 3.64. The maximum atomic E-state index is 4.22. The second kappa shape index (κ2) is 3.08. The van der Waals surface area contributed by atoms with Crippen molar-refractivity contribution in [1.29, 1.82) is 0 Å². The fourth-order valence-electron chi connectivity index (χ4n) is 2.48. The number of rotatable bonds is 0. The van der Waals surface area contributed by atoms with Gasteiger partial charge in [-0.25, -0.2) is 0 Å². The van der Waals surface area contributed by atoms with E-state index in [1.165, 1.54) is 27.1 Å². The molecule has 80 valence electrons. The van der Waals surface area contributed by atoms with Crippen molar-refractivity contribution in [2.24, 2.45) is 0 Å². The van der Waals surface area contributed by atoms with Gasteiger partial charge in [0.15, 0.2) is 0 Å². The number of fused-ring (bicyclic) bond motifs is 5. The van der Waals surface area contributed by atoms with Crippen molar-refractivity contribution < 1.29 is 0 Å². The zero-order chi connectivity index (χ0) is 11.2. The van der Waals surface area contributed by atoms with Crippen molar-refractivity contribution in [1.82, 2.24) is 9.38 Å². The molecule has 0 saturated heterocycles.